The van der Waals surface area contributed by atoms with Crippen LogP contribution in [0.15, 0.2) is 4.79 Å². The van der Waals surface area contributed by atoms with Crippen LogP contribution in [0.1, 0.15) is 48.1 Å². The Hall–Kier alpha value is -2.13. The van der Waals surface area contributed by atoms with Gasteiger partial charge in [0, 0.05) is 25.3 Å². The van der Waals surface area contributed by atoms with Crippen LogP contribution >= 0.6 is 0 Å². The molecule has 0 bridgehead atoms. The van der Waals surface area contributed by atoms with Crippen LogP contribution in [0.25, 0.3) is 0 Å². The van der Waals surface area contributed by atoms with Crippen LogP contribution in [0.3, 0.4) is 0 Å². The minimum absolute atomic E-state index is 0.0218. The molecule has 1 saturated heterocycles. The molecule has 2 N–H and O–H groups in total. The van der Waals surface area contributed by atoms with Gasteiger partial charge in [-0.2, -0.15) is 5.26 Å². The number of carbonyl (C=O) groups excluding carboxylic acids is 1. The number of carbonyl (C=O) groups is 1. The van der Waals surface area contributed by atoms with Crippen LogP contribution in [0.2, 0.25) is 0 Å². The molecule has 0 saturated carbocycles. The van der Waals surface area contributed by atoms with Gasteiger partial charge < -0.3 is 15.0 Å². The largest absolute Gasteiger partial charge is 0.378 e. The van der Waals surface area contributed by atoms with Gasteiger partial charge in [0.15, 0.2) is 0 Å². The van der Waals surface area contributed by atoms with Crippen LogP contribution < -0.4 is 10.9 Å². The van der Waals surface area contributed by atoms with Crippen LogP contribution in [0.5, 0.6) is 0 Å². The predicted octanol–water partition coefficient (Wildman–Crippen LogP) is 1.48. The first-order chi connectivity index (χ1) is 11.0. The van der Waals surface area contributed by atoms with Crippen molar-refractivity contribution in [2.45, 2.75) is 52.1 Å². The molecule has 1 aromatic heterocycles. The van der Waals surface area contributed by atoms with Crippen molar-refractivity contribution in [2.24, 2.45) is 0 Å². The fourth-order valence-corrected chi connectivity index (χ4v) is 2.99. The number of hydrogen-bond donors (Lipinski definition) is 2. The number of nitriles is 1. The first-order valence-corrected chi connectivity index (χ1v) is 8.03. The molecular weight excluding hydrogens is 294 g/mol. The number of pyridine rings is 1. The van der Waals surface area contributed by atoms with Crippen LogP contribution in [-0.2, 0) is 16.0 Å². The molecule has 1 aromatic rings. The molecule has 1 amide bonds. The molecule has 0 radical (unpaired) electrons. The Kier molecular flexibility index (Phi) is 5.94. The maximum absolute atomic E-state index is 11.9. The molecule has 1 aliphatic heterocycles. The van der Waals surface area contributed by atoms with Crippen molar-refractivity contribution < 1.29 is 9.53 Å². The number of nitrogens with one attached hydrogen (secondary N) is 2. The number of hydrogen-bond acceptors (Lipinski definition) is 4. The highest BCUT2D eigenvalue weighted by Crippen LogP contribution is 2.16. The highest BCUT2D eigenvalue weighted by molar-refractivity contribution is 5.76. The van der Waals surface area contributed by atoms with Gasteiger partial charge in [-0.25, -0.2) is 0 Å². The Bertz CT molecular complexity index is 667. The van der Waals surface area contributed by atoms with Crippen LogP contribution in [-0.4, -0.2) is 30.1 Å². The third-order valence-electron chi connectivity index (χ3n) is 4.33. The number of aromatic nitrogens is 1. The zero-order valence-electron chi connectivity index (χ0n) is 13.7. The number of aromatic amines is 1. The molecule has 1 aliphatic rings. The van der Waals surface area contributed by atoms with E-state index in [0.29, 0.717) is 24.9 Å². The summed E-state index contributed by atoms with van der Waals surface area (Å²) in [7, 11) is 0. The lowest BCUT2D eigenvalue weighted by atomic mass is 9.99. The lowest BCUT2D eigenvalue weighted by Crippen LogP contribution is -2.27. The van der Waals surface area contributed by atoms with E-state index in [-0.39, 0.29) is 23.1 Å². The normalized spacial score (nSPS) is 17.0. The number of aryl methyl sites for hydroxylation is 1. The second kappa shape index (κ2) is 7.93. The first-order valence-electron chi connectivity index (χ1n) is 8.03. The zero-order chi connectivity index (χ0) is 16.8. The number of ether oxygens (including phenoxy) is 1. The molecule has 23 heavy (non-hydrogen) atoms. The summed E-state index contributed by atoms with van der Waals surface area (Å²) in [6, 6.07) is 1.93. The van der Waals surface area contributed by atoms with Crippen molar-refractivity contribution in [2.75, 3.05) is 13.2 Å². The highest BCUT2D eigenvalue weighted by Gasteiger charge is 2.16. The number of nitrogens with zero attached hydrogens (tertiary/aromatic N) is 1. The Balaban J connectivity index is 1.86. The molecule has 0 aromatic carbocycles. The number of amides is 1. The third kappa shape index (κ3) is 4.42. The van der Waals surface area contributed by atoms with Crippen molar-refractivity contribution in [1.29, 1.82) is 5.26 Å². The summed E-state index contributed by atoms with van der Waals surface area (Å²) in [5.41, 5.74) is 2.02. The second-order valence-electron chi connectivity index (χ2n) is 5.94. The molecule has 0 unspecified atom stereocenters. The van der Waals surface area contributed by atoms with Crippen molar-refractivity contribution in [3.63, 3.8) is 0 Å². The standard InChI is InChI=1S/C17H23N3O3/c1-11-14(12(2)20-17(22)15(11)10-18)5-6-16(21)19-8-7-13-4-3-9-23-13/h13H,3-9H2,1-2H3,(H,19,21)(H,20,22)/t13-/m0/s1. The fourth-order valence-electron chi connectivity index (χ4n) is 2.99. The molecule has 0 spiro atoms. The molecule has 1 fully saturated rings. The van der Waals surface area contributed by atoms with Gasteiger partial charge in [0.1, 0.15) is 11.6 Å². The molecule has 2 heterocycles. The summed E-state index contributed by atoms with van der Waals surface area (Å²) in [5.74, 6) is -0.0218. The Labute approximate surface area is 135 Å². The molecule has 2 rings (SSSR count). The maximum Gasteiger partial charge on any atom is 0.266 e. The van der Waals surface area contributed by atoms with Gasteiger partial charge in [0.2, 0.25) is 5.91 Å². The molecule has 0 aliphatic carbocycles. The summed E-state index contributed by atoms with van der Waals surface area (Å²) in [5, 5.41) is 12.0. The van der Waals surface area contributed by atoms with E-state index in [2.05, 4.69) is 10.3 Å². The Morgan fingerprint density at radius 1 is 1.48 bits per heavy atom. The molecule has 124 valence electrons. The summed E-state index contributed by atoms with van der Waals surface area (Å²) in [6.45, 7) is 4.99. The van der Waals surface area contributed by atoms with E-state index in [1.54, 1.807) is 13.8 Å². The molecular formula is C17H23N3O3. The maximum atomic E-state index is 11.9. The summed E-state index contributed by atoms with van der Waals surface area (Å²) in [4.78, 5) is 26.3. The minimum Gasteiger partial charge on any atom is -0.378 e. The Morgan fingerprint density at radius 2 is 2.26 bits per heavy atom. The third-order valence-corrected chi connectivity index (χ3v) is 4.33. The number of H-pyrrole nitrogens is 1. The van der Waals surface area contributed by atoms with Crippen molar-refractivity contribution in [1.82, 2.24) is 10.3 Å². The molecule has 6 heteroatoms. The summed E-state index contributed by atoms with van der Waals surface area (Å²) >= 11 is 0. The van der Waals surface area contributed by atoms with E-state index in [4.69, 9.17) is 10.00 Å². The second-order valence-corrected chi connectivity index (χ2v) is 5.94. The summed E-state index contributed by atoms with van der Waals surface area (Å²) < 4.78 is 5.52. The lowest BCUT2D eigenvalue weighted by molar-refractivity contribution is -0.121. The van der Waals surface area contributed by atoms with Crippen molar-refractivity contribution in [3.05, 3.63) is 32.7 Å². The van der Waals surface area contributed by atoms with E-state index in [1.807, 2.05) is 6.07 Å². The zero-order valence-corrected chi connectivity index (χ0v) is 13.7. The van der Waals surface area contributed by atoms with E-state index < -0.39 is 0 Å². The van der Waals surface area contributed by atoms with E-state index in [1.165, 1.54) is 0 Å². The van der Waals surface area contributed by atoms with Gasteiger partial charge in [-0.3, -0.25) is 9.59 Å². The average molecular weight is 317 g/mol. The van der Waals surface area contributed by atoms with E-state index >= 15 is 0 Å². The molecule has 6 nitrogen and oxygen atoms in total. The Morgan fingerprint density at radius 3 is 2.91 bits per heavy atom. The quantitative estimate of drug-likeness (QED) is 0.831. The van der Waals surface area contributed by atoms with Crippen molar-refractivity contribution in [3.8, 4) is 6.07 Å². The lowest BCUT2D eigenvalue weighted by Gasteiger charge is -2.12. The first kappa shape index (κ1) is 17.2. The van der Waals surface area contributed by atoms with Gasteiger partial charge >= 0.3 is 0 Å². The number of rotatable bonds is 6. The average Bonchev–Trinajstić information content (AvgIpc) is 3.00. The summed E-state index contributed by atoms with van der Waals surface area (Å²) in [6.07, 6.45) is 4.14. The van der Waals surface area contributed by atoms with E-state index in [9.17, 15) is 9.59 Å². The minimum atomic E-state index is -0.368. The topological polar surface area (TPSA) is 95.0 Å². The van der Waals surface area contributed by atoms with Gasteiger partial charge in [-0.1, -0.05) is 0 Å². The van der Waals surface area contributed by atoms with Gasteiger partial charge in [0.05, 0.1) is 6.10 Å². The molecule has 1 atom stereocenters. The highest BCUT2D eigenvalue weighted by atomic mass is 16.5. The van der Waals surface area contributed by atoms with Crippen LogP contribution in [0, 0.1) is 25.2 Å². The predicted molar refractivity (Wildman–Crippen MR) is 86.2 cm³/mol. The SMILES string of the molecule is Cc1[nH]c(=O)c(C#N)c(C)c1CCC(=O)NCC[C@@H]1CCCO1. The van der Waals surface area contributed by atoms with Gasteiger partial charge in [-0.15, -0.1) is 0 Å². The van der Waals surface area contributed by atoms with Crippen molar-refractivity contribution >= 4 is 5.91 Å². The smallest absolute Gasteiger partial charge is 0.266 e. The fraction of sp³-hybridized carbons (Fsp3) is 0.588. The van der Waals surface area contributed by atoms with E-state index in [0.717, 1.165) is 37.1 Å². The van der Waals surface area contributed by atoms with Crippen LogP contribution in [0.4, 0.5) is 0 Å². The van der Waals surface area contributed by atoms with Gasteiger partial charge in [-0.05, 0) is 50.7 Å². The monoisotopic (exact) mass is 317 g/mol. The van der Waals surface area contributed by atoms with Gasteiger partial charge in [0.25, 0.3) is 5.56 Å².